The van der Waals surface area contributed by atoms with E-state index in [1.54, 1.807) is 0 Å². The number of aliphatic hydroxyl groups is 1. The maximum atomic E-state index is 11.4. The largest absolute Gasteiger partial charge is 0.394 e. The molecule has 1 saturated carbocycles. The lowest BCUT2D eigenvalue weighted by Gasteiger charge is -2.43. The van der Waals surface area contributed by atoms with Crippen LogP contribution in [0.5, 0.6) is 0 Å². The van der Waals surface area contributed by atoms with Gasteiger partial charge in [0.05, 0.1) is 18.1 Å². The third kappa shape index (κ3) is 3.45. The molecule has 0 aromatic heterocycles. The second-order valence-corrected chi connectivity index (χ2v) is 8.51. The molecule has 1 saturated heterocycles. The standard InChI is InChI=1S/C13H25NO3S/c1-11-3-2-6-13(9-11,10-15)14-12-4-7-18(16,17)8-5-12/h11-12,14-15H,2-10H2,1H3. The lowest BCUT2D eigenvalue weighted by molar-refractivity contribution is 0.0866. The van der Waals surface area contributed by atoms with Crippen LogP contribution < -0.4 is 5.32 Å². The minimum Gasteiger partial charge on any atom is -0.394 e. The highest BCUT2D eigenvalue weighted by atomic mass is 32.2. The third-order valence-corrected chi connectivity index (χ3v) is 6.17. The van der Waals surface area contributed by atoms with E-state index in [9.17, 15) is 13.5 Å². The van der Waals surface area contributed by atoms with Gasteiger partial charge in [-0.15, -0.1) is 0 Å². The Labute approximate surface area is 110 Å². The second kappa shape index (κ2) is 5.47. The summed E-state index contributed by atoms with van der Waals surface area (Å²) in [4.78, 5) is 0. The first-order valence-corrected chi connectivity index (χ1v) is 8.86. The molecule has 1 aliphatic heterocycles. The summed E-state index contributed by atoms with van der Waals surface area (Å²) in [5.41, 5.74) is -0.163. The highest BCUT2D eigenvalue weighted by Crippen LogP contribution is 2.33. The molecule has 0 amide bonds. The van der Waals surface area contributed by atoms with Gasteiger partial charge in [0.25, 0.3) is 0 Å². The van der Waals surface area contributed by atoms with Gasteiger partial charge < -0.3 is 10.4 Å². The average Bonchev–Trinajstić information content (AvgIpc) is 2.32. The van der Waals surface area contributed by atoms with Crippen LogP contribution in [0.3, 0.4) is 0 Å². The van der Waals surface area contributed by atoms with Crippen LogP contribution in [0.1, 0.15) is 45.4 Å². The Balaban J connectivity index is 1.94. The minimum atomic E-state index is -2.80. The van der Waals surface area contributed by atoms with Crippen LogP contribution in [0.25, 0.3) is 0 Å². The van der Waals surface area contributed by atoms with Gasteiger partial charge >= 0.3 is 0 Å². The van der Waals surface area contributed by atoms with Gasteiger partial charge in [0.15, 0.2) is 0 Å². The summed E-state index contributed by atoms with van der Waals surface area (Å²) in [6.07, 6.45) is 5.79. The van der Waals surface area contributed by atoms with Crippen LogP contribution in [0.2, 0.25) is 0 Å². The molecule has 1 heterocycles. The predicted molar refractivity (Wildman–Crippen MR) is 72.3 cm³/mol. The Kier molecular flexibility index (Phi) is 4.34. The molecule has 0 spiro atoms. The third-order valence-electron chi connectivity index (χ3n) is 4.46. The first kappa shape index (κ1) is 14.3. The molecule has 2 aliphatic rings. The molecular formula is C13H25NO3S. The van der Waals surface area contributed by atoms with Crippen LogP contribution in [0, 0.1) is 5.92 Å². The monoisotopic (exact) mass is 275 g/mol. The summed E-state index contributed by atoms with van der Waals surface area (Å²) in [5.74, 6) is 1.23. The molecule has 4 nitrogen and oxygen atoms in total. The van der Waals surface area contributed by atoms with Gasteiger partial charge in [-0.05, 0) is 31.6 Å². The van der Waals surface area contributed by atoms with Gasteiger partial charge in [-0.3, -0.25) is 0 Å². The fourth-order valence-corrected chi connectivity index (χ4v) is 4.94. The first-order chi connectivity index (χ1) is 8.45. The topological polar surface area (TPSA) is 66.4 Å². The minimum absolute atomic E-state index is 0.163. The molecule has 2 unspecified atom stereocenters. The number of nitrogens with one attached hydrogen (secondary N) is 1. The predicted octanol–water partition coefficient (Wildman–Crippen LogP) is 1.09. The van der Waals surface area contributed by atoms with Gasteiger partial charge in [-0.2, -0.15) is 0 Å². The number of hydrogen-bond donors (Lipinski definition) is 2. The Hall–Kier alpha value is -0.130. The fraction of sp³-hybridized carbons (Fsp3) is 1.00. The quantitative estimate of drug-likeness (QED) is 0.809. The first-order valence-electron chi connectivity index (χ1n) is 7.04. The molecule has 0 aromatic carbocycles. The van der Waals surface area contributed by atoms with Crippen molar-refractivity contribution >= 4 is 9.84 Å². The zero-order chi connectivity index (χ0) is 13.2. The number of sulfone groups is 1. The van der Waals surface area contributed by atoms with Gasteiger partial charge in [-0.25, -0.2) is 8.42 Å². The van der Waals surface area contributed by atoms with Crippen LogP contribution in [-0.4, -0.2) is 43.2 Å². The molecule has 18 heavy (non-hydrogen) atoms. The zero-order valence-electron chi connectivity index (χ0n) is 11.2. The van der Waals surface area contributed by atoms with E-state index in [1.165, 1.54) is 6.42 Å². The molecule has 5 heteroatoms. The van der Waals surface area contributed by atoms with Crippen molar-refractivity contribution < 1.29 is 13.5 Å². The Bertz CT molecular complexity index is 368. The van der Waals surface area contributed by atoms with Crippen molar-refractivity contribution in [3.05, 3.63) is 0 Å². The summed E-state index contributed by atoms with van der Waals surface area (Å²) in [7, 11) is -2.80. The van der Waals surface area contributed by atoms with Gasteiger partial charge in [0, 0.05) is 11.6 Å². The van der Waals surface area contributed by atoms with Gasteiger partial charge in [0.2, 0.25) is 0 Å². The summed E-state index contributed by atoms with van der Waals surface area (Å²) in [6, 6.07) is 0.256. The van der Waals surface area contributed by atoms with Crippen LogP contribution >= 0.6 is 0 Å². The van der Waals surface area contributed by atoms with Crippen LogP contribution in [-0.2, 0) is 9.84 Å². The van der Waals surface area contributed by atoms with Crippen molar-refractivity contribution in [2.75, 3.05) is 18.1 Å². The van der Waals surface area contributed by atoms with Crippen LogP contribution in [0.4, 0.5) is 0 Å². The van der Waals surface area contributed by atoms with Crippen LogP contribution in [0.15, 0.2) is 0 Å². The Morgan fingerprint density at radius 2 is 1.94 bits per heavy atom. The van der Waals surface area contributed by atoms with E-state index in [-0.39, 0.29) is 18.2 Å². The number of aliphatic hydroxyl groups excluding tert-OH is 1. The summed E-state index contributed by atoms with van der Waals surface area (Å²) in [5, 5.41) is 13.3. The molecular weight excluding hydrogens is 250 g/mol. The second-order valence-electron chi connectivity index (χ2n) is 6.21. The van der Waals surface area contributed by atoms with Crippen molar-refractivity contribution in [3.8, 4) is 0 Å². The van der Waals surface area contributed by atoms with Crippen molar-refractivity contribution in [2.24, 2.45) is 5.92 Å². The fourth-order valence-electron chi connectivity index (χ4n) is 3.45. The molecule has 0 bridgehead atoms. The van der Waals surface area contributed by atoms with E-state index in [0.29, 0.717) is 30.3 Å². The van der Waals surface area contributed by atoms with Crippen molar-refractivity contribution in [1.29, 1.82) is 0 Å². The van der Waals surface area contributed by atoms with Gasteiger partial charge in [0.1, 0.15) is 9.84 Å². The maximum absolute atomic E-state index is 11.4. The average molecular weight is 275 g/mol. The Morgan fingerprint density at radius 1 is 1.28 bits per heavy atom. The Morgan fingerprint density at radius 3 is 2.50 bits per heavy atom. The molecule has 2 fully saturated rings. The lowest BCUT2D eigenvalue weighted by atomic mass is 9.76. The highest BCUT2D eigenvalue weighted by molar-refractivity contribution is 7.91. The van der Waals surface area contributed by atoms with Gasteiger partial charge in [-0.1, -0.05) is 19.8 Å². The summed E-state index contributed by atoms with van der Waals surface area (Å²) < 4.78 is 22.8. The molecule has 106 valence electrons. The normalized spacial score (nSPS) is 37.6. The SMILES string of the molecule is CC1CCCC(CO)(NC2CCS(=O)(=O)CC2)C1. The molecule has 0 aromatic rings. The highest BCUT2D eigenvalue weighted by Gasteiger charge is 2.37. The maximum Gasteiger partial charge on any atom is 0.150 e. The molecule has 2 N–H and O–H groups in total. The summed E-state index contributed by atoms with van der Waals surface area (Å²) in [6.45, 7) is 2.40. The van der Waals surface area contributed by atoms with E-state index in [0.717, 1.165) is 19.3 Å². The zero-order valence-corrected chi connectivity index (χ0v) is 12.0. The molecule has 1 aliphatic carbocycles. The lowest BCUT2D eigenvalue weighted by Crippen LogP contribution is -2.56. The number of hydrogen-bond acceptors (Lipinski definition) is 4. The van der Waals surface area contributed by atoms with Crippen molar-refractivity contribution in [3.63, 3.8) is 0 Å². The van der Waals surface area contributed by atoms with Crippen molar-refractivity contribution in [1.82, 2.24) is 5.32 Å². The van der Waals surface area contributed by atoms with E-state index < -0.39 is 9.84 Å². The van der Waals surface area contributed by atoms with Crippen molar-refractivity contribution in [2.45, 2.75) is 57.0 Å². The van der Waals surface area contributed by atoms with E-state index in [4.69, 9.17) is 0 Å². The smallest absolute Gasteiger partial charge is 0.150 e. The summed E-state index contributed by atoms with van der Waals surface area (Å²) >= 11 is 0. The molecule has 2 atom stereocenters. The van der Waals surface area contributed by atoms with E-state index >= 15 is 0 Å². The molecule has 0 radical (unpaired) electrons. The molecule has 2 rings (SSSR count). The van der Waals surface area contributed by atoms with E-state index in [2.05, 4.69) is 12.2 Å². The number of rotatable bonds is 3. The van der Waals surface area contributed by atoms with E-state index in [1.807, 2.05) is 0 Å².